The third-order valence-corrected chi connectivity index (χ3v) is 4.89. The number of rotatable bonds is 5. The Balaban J connectivity index is 2.16. The Bertz CT molecular complexity index is 470. The molecule has 1 saturated carbocycles. The fourth-order valence-electron chi connectivity index (χ4n) is 2.48. The van der Waals surface area contributed by atoms with Crippen LogP contribution in [0.3, 0.4) is 0 Å². The van der Waals surface area contributed by atoms with E-state index in [4.69, 9.17) is 11.6 Å². The summed E-state index contributed by atoms with van der Waals surface area (Å²) in [6, 6.07) is 5.10. The molecule has 0 saturated heterocycles. The summed E-state index contributed by atoms with van der Waals surface area (Å²) in [6.45, 7) is 2.14. The van der Waals surface area contributed by atoms with Crippen molar-refractivity contribution >= 4 is 34.7 Å². The number of nitro groups is 1. The summed E-state index contributed by atoms with van der Waals surface area (Å²) in [6.07, 6.45) is 3.42. The van der Waals surface area contributed by atoms with E-state index in [1.54, 1.807) is 12.1 Å². The Labute approximate surface area is 122 Å². The molecule has 1 aliphatic rings. The van der Waals surface area contributed by atoms with E-state index in [0.29, 0.717) is 22.0 Å². The molecular formula is C13H17ClN2O2S. The van der Waals surface area contributed by atoms with Crippen molar-refractivity contribution in [2.75, 3.05) is 11.1 Å². The van der Waals surface area contributed by atoms with Crippen molar-refractivity contribution in [2.45, 2.75) is 37.5 Å². The van der Waals surface area contributed by atoms with Gasteiger partial charge in [0.1, 0.15) is 5.69 Å². The predicted octanol–water partition coefficient (Wildman–Crippen LogP) is 4.33. The van der Waals surface area contributed by atoms with E-state index < -0.39 is 0 Å². The van der Waals surface area contributed by atoms with Crippen molar-refractivity contribution in [3.05, 3.63) is 33.3 Å². The first-order valence-corrected chi connectivity index (χ1v) is 7.86. The molecule has 1 aromatic rings. The second-order valence-corrected chi connectivity index (χ2v) is 6.55. The van der Waals surface area contributed by atoms with E-state index in [1.165, 1.54) is 18.9 Å². The Morgan fingerprint density at radius 1 is 1.53 bits per heavy atom. The molecule has 0 heterocycles. The van der Waals surface area contributed by atoms with Crippen LogP contribution in [0.25, 0.3) is 0 Å². The maximum absolute atomic E-state index is 11.1. The molecule has 0 aliphatic heterocycles. The smallest absolute Gasteiger partial charge is 0.293 e. The molecule has 0 amide bonds. The maximum Gasteiger partial charge on any atom is 0.293 e. The first kappa shape index (κ1) is 14.5. The molecule has 6 heteroatoms. The lowest BCUT2D eigenvalue weighted by Gasteiger charge is -2.21. The molecule has 1 aromatic carbocycles. The number of nitrogens with one attached hydrogen (secondary N) is 1. The van der Waals surface area contributed by atoms with Crippen molar-refractivity contribution in [1.29, 1.82) is 0 Å². The summed E-state index contributed by atoms with van der Waals surface area (Å²) in [5.74, 6) is 1.07. The lowest BCUT2D eigenvalue weighted by molar-refractivity contribution is -0.384. The van der Waals surface area contributed by atoms with Gasteiger partial charge in [-0.2, -0.15) is 11.8 Å². The fourth-order valence-corrected chi connectivity index (χ4v) is 3.85. The molecule has 0 radical (unpaired) electrons. The Morgan fingerprint density at radius 2 is 2.32 bits per heavy atom. The molecule has 19 heavy (non-hydrogen) atoms. The summed E-state index contributed by atoms with van der Waals surface area (Å²) >= 11 is 7.74. The predicted molar refractivity (Wildman–Crippen MR) is 81.3 cm³/mol. The number of halogens is 1. The molecule has 0 bridgehead atoms. The second-order valence-electron chi connectivity index (χ2n) is 4.59. The highest BCUT2D eigenvalue weighted by molar-refractivity contribution is 7.99. The second kappa shape index (κ2) is 6.48. The van der Waals surface area contributed by atoms with Gasteiger partial charge in [-0.1, -0.05) is 24.9 Å². The molecule has 1 N–H and O–H groups in total. The van der Waals surface area contributed by atoms with E-state index in [1.807, 2.05) is 11.8 Å². The van der Waals surface area contributed by atoms with Gasteiger partial charge in [-0.05, 0) is 30.7 Å². The van der Waals surface area contributed by atoms with Gasteiger partial charge in [0.15, 0.2) is 0 Å². The highest BCUT2D eigenvalue weighted by Gasteiger charge is 2.28. The van der Waals surface area contributed by atoms with Crippen molar-refractivity contribution in [3.8, 4) is 0 Å². The van der Waals surface area contributed by atoms with E-state index >= 15 is 0 Å². The van der Waals surface area contributed by atoms with Crippen LogP contribution < -0.4 is 5.32 Å². The summed E-state index contributed by atoms with van der Waals surface area (Å²) in [5, 5.41) is 15.3. The number of nitrogens with zero attached hydrogens (tertiary/aromatic N) is 1. The summed E-state index contributed by atoms with van der Waals surface area (Å²) in [4.78, 5) is 10.7. The van der Waals surface area contributed by atoms with Crippen LogP contribution in [0.2, 0.25) is 5.02 Å². The van der Waals surface area contributed by atoms with Crippen LogP contribution in [0.5, 0.6) is 0 Å². The van der Waals surface area contributed by atoms with Gasteiger partial charge >= 0.3 is 0 Å². The van der Waals surface area contributed by atoms with Crippen LogP contribution >= 0.6 is 23.4 Å². The molecular weight excluding hydrogens is 284 g/mol. The van der Waals surface area contributed by atoms with Crippen LogP contribution in [-0.2, 0) is 0 Å². The number of hydrogen-bond donors (Lipinski definition) is 1. The van der Waals surface area contributed by atoms with Crippen LogP contribution in [0.1, 0.15) is 26.2 Å². The average Bonchev–Trinajstić information content (AvgIpc) is 2.79. The largest absolute Gasteiger partial charge is 0.376 e. The van der Waals surface area contributed by atoms with Crippen molar-refractivity contribution in [2.24, 2.45) is 0 Å². The molecule has 0 spiro atoms. The minimum absolute atomic E-state index is 0.0552. The monoisotopic (exact) mass is 300 g/mol. The van der Waals surface area contributed by atoms with Crippen molar-refractivity contribution in [3.63, 3.8) is 0 Å². The Kier molecular flexibility index (Phi) is 4.93. The Morgan fingerprint density at radius 3 is 3.00 bits per heavy atom. The van der Waals surface area contributed by atoms with Gasteiger partial charge in [0.25, 0.3) is 5.69 Å². The van der Waals surface area contributed by atoms with Crippen LogP contribution in [0.15, 0.2) is 18.2 Å². The van der Waals surface area contributed by atoms with Crippen LogP contribution in [-0.4, -0.2) is 22.0 Å². The minimum atomic E-state index is -0.384. The summed E-state index contributed by atoms with van der Waals surface area (Å²) in [7, 11) is 0. The number of thioether (sulfide) groups is 1. The van der Waals surface area contributed by atoms with Gasteiger partial charge in [0.05, 0.1) is 4.92 Å². The highest BCUT2D eigenvalue weighted by Crippen LogP contribution is 2.35. The van der Waals surface area contributed by atoms with Gasteiger partial charge in [-0.25, -0.2) is 0 Å². The lowest BCUT2D eigenvalue weighted by atomic mass is 10.2. The zero-order chi connectivity index (χ0) is 13.8. The normalized spacial score (nSPS) is 22.4. The van der Waals surface area contributed by atoms with Crippen LogP contribution in [0.4, 0.5) is 11.4 Å². The maximum atomic E-state index is 11.1. The molecule has 1 aliphatic carbocycles. The van der Waals surface area contributed by atoms with Gasteiger partial charge in [-0.3, -0.25) is 10.1 Å². The van der Waals surface area contributed by atoms with E-state index in [9.17, 15) is 10.1 Å². The molecule has 1 fully saturated rings. The molecule has 104 valence electrons. The summed E-state index contributed by atoms with van der Waals surface area (Å²) < 4.78 is 0. The summed E-state index contributed by atoms with van der Waals surface area (Å²) in [5.41, 5.74) is 0.627. The fraction of sp³-hybridized carbons (Fsp3) is 0.538. The lowest BCUT2D eigenvalue weighted by Crippen LogP contribution is -2.26. The number of nitro benzene ring substituents is 1. The van der Waals surface area contributed by atoms with Gasteiger partial charge < -0.3 is 5.32 Å². The minimum Gasteiger partial charge on any atom is -0.376 e. The zero-order valence-electron chi connectivity index (χ0n) is 10.8. The zero-order valence-corrected chi connectivity index (χ0v) is 12.3. The molecule has 2 rings (SSSR count). The van der Waals surface area contributed by atoms with E-state index in [2.05, 4.69) is 12.2 Å². The van der Waals surface area contributed by atoms with Gasteiger partial charge in [0, 0.05) is 22.4 Å². The molecule has 4 nitrogen and oxygen atoms in total. The quantitative estimate of drug-likeness (QED) is 0.649. The van der Waals surface area contributed by atoms with Gasteiger partial charge in [-0.15, -0.1) is 0 Å². The molecule has 2 unspecified atom stereocenters. The third-order valence-electron chi connectivity index (χ3n) is 3.33. The van der Waals surface area contributed by atoms with Gasteiger partial charge in [0.2, 0.25) is 0 Å². The number of benzene rings is 1. The topological polar surface area (TPSA) is 55.2 Å². The number of hydrogen-bond acceptors (Lipinski definition) is 4. The van der Waals surface area contributed by atoms with Crippen molar-refractivity contribution in [1.82, 2.24) is 0 Å². The highest BCUT2D eigenvalue weighted by atomic mass is 35.5. The van der Waals surface area contributed by atoms with E-state index in [-0.39, 0.29) is 10.6 Å². The first-order valence-electron chi connectivity index (χ1n) is 6.44. The van der Waals surface area contributed by atoms with E-state index in [0.717, 1.165) is 12.2 Å². The number of anilines is 1. The molecule has 2 atom stereocenters. The third kappa shape index (κ3) is 3.54. The standard InChI is InChI=1S/C13H17ClN2O2S/c1-2-19-13-5-3-4-11(13)15-10-7-6-9(14)8-12(10)16(17)18/h6-8,11,13,15H,2-5H2,1H3. The molecule has 0 aromatic heterocycles. The SMILES string of the molecule is CCSC1CCCC1Nc1ccc(Cl)cc1[N+](=O)[O-]. The first-order chi connectivity index (χ1) is 9.11. The van der Waals surface area contributed by atoms with Crippen LogP contribution in [0, 0.1) is 10.1 Å². The van der Waals surface area contributed by atoms with Crippen molar-refractivity contribution < 1.29 is 4.92 Å². The average molecular weight is 301 g/mol. The Hall–Kier alpha value is -0.940.